The second-order valence-electron chi connectivity index (χ2n) is 6.29. The Hall–Kier alpha value is -1.65. The summed E-state index contributed by atoms with van der Waals surface area (Å²) >= 11 is 0. The highest BCUT2D eigenvalue weighted by Crippen LogP contribution is 2.38. The highest BCUT2D eigenvalue weighted by Gasteiger charge is 2.41. The predicted octanol–water partition coefficient (Wildman–Crippen LogP) is 1.23. The fourth-order valence-electron chi connectivity index (χ4n) is 2.49. The summed E-state index contributed by atoms with van der Waals surface area (Å²) in [7, 11) is -4.25. The van der Waals surface area contributed by atoms with Crippen molar-refractivity contribution in [2.75, 3.05) is 13.1 Å². The third-order valence-electron chi connectivity index (χ3n) is 4.22. The molecule has 0 radical (unpaired) electrons. The van der Waals surface area contributed by atoms with Crippen LogP contribution in [0.15, 0.2) is 29.2 Å². The van der Waals surface area contributed by atoms with E-state index in [0.29, 0.717) is 6.07 Å². The maximum atomic E-state index is 12.7. The minimum Gasteiger partial charge on any atom is -0.348 e. The maximum absolute atomic E-state index is 12.7. The van der Waals surface area contributed by atoms with Gasteiger partial charge in [0.2, 0.25) is 15.9 Å². The first-order valence-electron chi connectivity index (χ1n) is 7.66. The second-order valence-corrected chi connectivity index (χ2v) is 8.06. The third kappa shape index (κ3) is 4.93. The Balaban J connectivity index is 2.03. The molecule has 1 unspecified atom stereocenters. The zero-order valence-corrected chi connectivity index (χ0v) is 14.4. The summed E-state index contributed by atoms with van der Waals surface area (Å²) in [5.41, 5.74) is 3.97. The first kappa shape index (κ1) is 19.7. The molecule has 1 amide bonds. The highest BCUT2D eigenvalue weighted by atomic mass is 32.2. The molecule has 1 aliphatic carbocycles. The molecule has 1 aliphatic rings. The van der Waals surface area contributed by atoms with Crippen molar-refractivity contribution in [1.82, 2.24) is 10.0 Å². The monoisotopic (exact) mass is 379 g/mol. The normalized spacial score (nSPS) is 17.8. The van der Waals surface area contributed by atoms with E-state index in [1.54, 1.807) is 6.92 Å². The summed E-state index contributed by atoms with van der Waals surface area (Å²) in [4.78, 5) is 11.4. The summed E-state index contributed by atoms with van der Waals surface area (Å²) < 4.78 is 64.3. The van der Waals surface area contributed by atoms with Gasteiger partial charge >= 0.3 is 6.18 Å². The number of hydrogen-bond donors (Lipinski definition) is 3. The fourth-order valence-corrected chi connectivity index (χ4v) is 3.51. The van der Waals surface area contributed by atoms with Crippen LogP contribution >= 0.6 is 0 Å². The van der Waals surface area contributed by atoms with Crippen molar-refractivity contribution in [2.24, 2.45) is 11.7 Å². The Labute approximate surface area is 144 Å². The van der Waals surface area contributed by atoms with Crippen molar-refractivity contribution in [3.05, 3.63) is 29.8 Å². The lowest BCUT2D eigenvalue weighted by Gasteiger charge is -2.29. The molecule has 25 heavy (non-hydrogen) atoms. The van der Waals surface area contributed by atoms with Crippen LogP contribution in [0.3, 0.4) is 0 Å². The van der Waals surface area contributed by atoms with Crippen molar-refractivity contribution in [3.63, 3.8) is 0 Å². The van der Waals surface area contributed by atoms with Crippen LogP contribution in [0.4, 0.5) is 13.2 Å². The maximum Gasteiger partial charge on any atom is 0.416 e. The van der Waals surface area contributed by atoms with E-state index < -0.39 is 44.6 Å². The van der Waals surface area contributed by atoms with Crippen LogP contribution in [0.5, 0.6) is 0 Å². The summed E-state index contributed by atoms with van der Waals surface area (Å²) in [6.07, 6.45) is -2.79. The first-order chi connectivity index (χ1) is 11.5. The molecule has 1 fully saturated rings. The van der Waals surface area contributed by atoms with Gasteiger partial charge in [-0.05, 0) is 43.9 Å². The first-order valence-corrected chi connectivity index (χ1v) is 9.14. The molecule has 0 spiro atoms. The Kier molecular flexibility index (Phi) is 5.45. The van der Waals surface area contributed by atoms with Gasteiger partial charge in [-0.2, -0.15) is 13.2 Å². The van der Waals surface area contributed by atoms with Crippen LogP contribution in [0, 0.1) is 5.92 Å². The number of amides is 1. The van der Waals surface area contributed by atoms with Gasteiger partial charge in [-0.25, -0.2) is 13.1 Å². The Morgan fingerprint density at radius 1 is 1.32 bits per heavy atom. The van der Waals surface area contributed by atoms with Crippen molar-refractivity contribution < 1.29 is 26.4 Å². The van der Waals surface area contributed by atoms with E-state index in [2.05, 4.69) is 5.32 Å². The fraction of sp³-hybridized carbons (Fsp3) is 0.533. The zero-order chi connectivity index (χ0) is 18.9. The molecule has 1 atom stereocenters. The molecular weight excluding hydrogens is 359 g/mol. The lowest BCUT2D eigenvalue weighted by atomic mass is 9.96. The number of nitrogens with one attached hydrogen (secondary N) is 2. The molecule has 4 N–H and O–H groups in total. The molecule has 2 rings (SSSR count). The lowest BCUT2D eigenvalue weighted by Crippen LogP contribution is -2.55. The number of carbonyl (C=O) groups excluding carboxylic acids is 1. The van der Waals surface area contributed by atoms with E-state index >= 15 is 0 Å². The number of benzene rings is 1. The Morgan fingerprint density at radius 2 is 1.96 bits per heavy atom. The number of sulfonamides is 1. The number of halogens is 3. The van der Waals surface area contributed by atoms with Gasteiger partial charge in [0.15, 0.2) is 0 Å². The number of rotatable bonds is 7. The molecule has 0 bridgehead atoms. The highest BCUT2D eigenvalue weighted by molar-refractivity contribution is 7.89. The minimum absolute atomic E-state index is 0.212. The number of alkyl halides is 3. The average molecular weight is 379 g/mol. The van der Waals surface area contributed by atoms with Gasteiger partial charge in [-0.3, -0.25) is 4.79 Å². The quantitative estimate of drug-likeness (QED) is 0.663. The van der Waals surface area contributed by atoms with Gasteiger partial charge in [0.05, 0.1) is 22.5 Å². The molecule has 0 heterocycles. The predicted molar refractivity (Wildman–Crippen MR) is 85.0 cm³/mol. The molecule has 1 aromatic rings. The molecular formula is C15H20F3N3O3S. The number of carbonyl (C=O) groups is 1. The third-order valence-corrected chi connectivity index (χ3v) is 5.62. The van der Waals surface area contributed by atoms with Crippen LogP contribution in [0.2, 0.25) is 0 Å². The molecule has 1 saturated carbocycles. The molecule has 0 aromatic heterocycles. The van der Waals surface area contributed by atoms with Gasteiger partial charge in [0, 0.05) is 6.54 Å². The Bertz CT molecular complexity index is 748. The summed E-state index contributed by atoms with van der Waals surface area (Å²) in [6.45, 7) is 1.41. The lowest BCUT2D eigenvalue weighted by molar-refractivity contribution is -0.137. The van der Waals surface area contributed by atoms with Gasteiger partial charge in [0.1, 0.15) is 0 Å². The van der Waals surface area contributed by atoms with Crippen molar-refractivity contribution >= 4 is 15.9 Å². The van der Waals surface area contributed by atoms with E-state index in [4.69, 9.17) is 5.73 Å². The van der Waals surface area contributed by atoms with E-state index in [0.717, 1.165) is 31.0 Å². The topological polar surface area (TPSA) is 101 Å². The van der Waals surface area contributed by atoms with Crippen molar-refractivity contribution in [2.45, 2.75) is 36.4 Å². The standard InChI is InChI=1S/C15H20F3N3O3S/c1-14(9-19,10-5-6-10)21-13(22)8-20-25(23,24)12-4-2-3-11(7-12)15(16,17)18/h2-4,7,10,20H,5-6,8-9,19H2,1H3,(H,21,22). The van der Waals surface area contributed by atoms with Gasteiger partial charge < -0.3 is 11.1 Å². The molecule has 0 saturated heterocycles. The summed E-state index contributed by atoms with van der Waals surface area (Å²) in [5, 5.41) is 2.69. The minimum atomic E-state index is -4.66. The van der Waals surface area contributed by atoms with Crippen LogP contribution in [-0.2, 0) is 21.0 Å². The van der Waals surface area contributed by atoms with Crippen LogP contribution in [-0.4, -0.2) is 33.0 Å². The Morgan fingerprint density at radius 3 is 2.48 bits per heavy atom. The van der Waals surface area contributed by atoms with Crippen LogP contribution in [0.1, 0.15) is 25.3 Å². The average Bonchev–Trinajstić information content (AvgIpc) is 3.37. The molecule has 0 aliphatic heterocycles. The van der Waals surface area contributed by atoms with Gasteiger partial charge in [-0.15, -0.1) is 0 Å². The second kappa shape index (κ2) is 6.93. The molecule has 140 valence electrons. The van der Waals surface area contributed by atoms with Crippen LogP contribution < -0.4 is 15.8 Å². The summed E-state index contributed by atoms with van der Waals surface area (Å²) in [6, 6.07) is 3.32. The van der Waals surface area contributed by atoms with Gasteiger partial charge in [0.25, 0.3) is 0 Å². The van der Waals surface area contributed by atoms with E-state index in [-0.39, 0.29) is 12.5 Å². The smallest absolute Gasteiger partial charge is 0.348 e. The van der Waals surface area contributed by atoms with E-state index in [1.165, 1.54) is 0 Å². The SMILES string of the molecule is CC(CN)(NC(=O)CNS(=O)(=O)c1cccc(C(F)(F)F)c1)C1CC1. The van der Waals surface area contributed by atoms with E-state index in [1.807, 2.05) is 4.72 Å². The molecule has 6 nitrogen and oxygen atoms in total. The van der Waals surface area contributed by atoms with Crippen molar-refractivity contribution in [3.8, 4) is 0 Å². The number of hydrogen-bond acceptors (Lipinski definition) is 4. The van der Waals surface area contributed by atoms with Crippen molar-refractivity contribution in [1.29, 1.82) is 0 Å². The largest absolute Gasteiger partial charge is 0.416 e. The zero-order valence-electron chi connectivity index (χ0n) is 13.6. The van der Waals surface area contributed by atoms with E-state index in [9.17, 15) is 26.4 Å². The molecule has 1 aromatic carbocycles. The number of nitrogens with two attached hydrogens (primary N) is 1. The van der Waals surface area contributed by atoms with Gasteiger partial charge in [-0.1, -0.05) is 6.07 Å². The molecule has 10 heteroatoms. The summed E-state index contributed by atoms with van der Waals surface area (Å²) in [5.74, 6) is -0.336. The van der Waals surface area contributed by atoms with Crippen LogP contribution in [0.25, 0.3) is 0 Å².